The van der Waals surface area contributed by atoms with Crippen LogP contribution in [0.3, 0.4) is 0 Å². The van der Waals surface area contributed by atoms with Crippen LogP contribution in [-0.4, -0.2) is 37.0 Å². The van der Waals surface area contributed by atoms with Crippen LogP contribution in [0.1, 0.15) is 42.2 Å². The van der Waals surface area contributed by atoms with Crippen molar-refractivity contribution in [3.05, 3.63) is 53.5 Å². The molecule has 140 valence electrons. The molecule has 0 aliphatic carbocycles. The van der Waals surface area contributed by atoms with Crippen LogP contribution < -0.4 is 10.1 Å². The topological polar surface area (TPSA) is 54.7 Å². The minimum absolute atomic E-state index is 0.0244. The maximum absolute atomic E-state index is 12.3. The predicted molar refractivity (Wildman–Crippen MR) is 101 cm³/mol. The number of benzene rings is 1. The van der Waals surface area contributed by atoms with Gasteiger partial charge >= 0.3 is 0 Å². The quantitative estimate of drug-likeness (QED) is 0.823. The molecule has 1 aliphatic rings. The highest BCUT2D eigenvalue weighted by Gasteiger charge is 2.25. The second-order valence-corrected chi connectivity index (χ2v) is 6.94. The van der Waals surface area contributed by atoms with Gasteiger partial charge in [-0.15, -0.1) is 0 Å². The average Bonchev–Trinajstić information content (AvgIpc) is 3.17. The van der Waals surface area contributed by atoms with E-state index < -0.39 is 0 Å². The Bertz CT molecular complexity index is 686. The summed E-state index contributed by atoms with van der Waals surface area (Å²) in [5.74, 6) is 1.59. The van der Waals surface area contributed by atoms with Crippen molar-refractivity contribution in [2.24, 2.45) is 0 Å². The first-order valence-electron chi connectivity index (χ1n) is 9.38. The van der Waals surface area contributed by atoms with E-state index >= 15 is 0 Å². The molecule has 0 spiro atoms. The molecule has 0 radical (unpaired) electrons. The van der Waals surface area contributed by atoms with Crippen molar-refractivity contribution in [3.8, 4) is 5.75 Å². The third-order valence-electron chi connectivity index (χ3n) is 4.95. The van der Waals surface area contributed by atoms with Crippen LogP contribution in [0, 0.1) is 13.8 Å². The highest BCUT2D eigenvalue weighted by atomic mass is 16.5. The molecule has 0 unspecified atom stereocenters. The molecule has 5 nitrogen and oxygen atoms in total. The van der Waals surface area contributed by atoms with Gasteiger partial charge in [0.2, 0.25) is 0 Å². The standard InChI is InChI=1S/C21H28N2O3/c1-16-8-6-9-17(2)21(16)26-15-20(24)22-14-18(19-10-7-13-25-19)23-11-4-3-5-12-23/h6-10,13,18H,3-5,11-12,14-15H2,1-2H3,(H,22,24)/t18-/m0/s1. The van der Waals surface area contributed by atoms with Gasteiger partial charge in [-0.25, -0.2) is 0 Å². The maximum atomic E-state index is 12.3. The van der Waals surface area contributed by atoms with Crippen molar-refractivity contribution in [3.63, 3.8) is 0 Å². The number of carbonyl (C=O) groups excluding carboxylic acids is 1. The van der Waals surface area contributed by atoms with E-state index in [1.54, 1.807) is 6.26 Å². The third-order valence-corrected chi connectivity index (χ3v) is 4.95. The van der Waals surface area contributed by atoms with Gasteiger partial charge in [0, 0.05) is 6.54 Å². The van der Waals surface area contributed by atoms with E-state index in [2.05, 4.69) is 10.2 Å². The number of rotatable bonds is 7. The fourth-order valence-electron chi connectivity index (χ4n) is 3.55. The molecule has 5 heteroatoms. The number of ether oxygens (including phenoxy) is 1. The number of hydrogen-bond acceptors (Lipinski definition) is 4. The van der Waals surface area contributed by atoms with Crippen molar-refractivity contribution < 1.29 is 13.9 Å². The SMILES string of the molecule is Cc1cccc(C)c1OCC(=O)NC[C@@H](c1ccco1)N1CCCCC1. The molecule has 2 aromatic rings. The summed E-state index contributed by atoms with van der Waals surface area (Å²) in [4.78, 5) is 14.7. The molecule has 1 aromatic carbocycles. The van der Waals surface area contributed by atoms with Crippen molar-refractivity contribution in [1.29, 1.82) is 0 Å². The molecule has 1 saturated heterocycles. The Morgan fingerprint density at radius 2 is 1.88 bits per heavy atom. The number of carbonyl (C=O) groups is 1. The summed E-state index contributed by atoms with van der Waals surface area (Å²) >= 11 is 0. The second-order valence-electron chi connectivity index (χ2n) is 6.94. The normalized spacial score (nSPS) is 16.2. The smallest absolute Gasteiger partial charge is 0.258 e. The van der Waals surface area contributed by atoms with Gasteiger partial charge < -0.3 is 14.5 Å². The lowest BCUT2D eigenvalue weighted by Crippen LogP contribution is -2.41. The zero-order chi connectivity index (χ0) is 18.4. The number of amides is 1. The van der Waals surface area contributed by atoms with Crippen LogP contribution in [0.2, 0.25) is 0 Å². The lowest BCUT2D eigenvalue weighted by atomic mass is 10.1. The largest absolute Gasteiger partial charge is 0.483 e. The Morgan fingerprint density at radius 3 is 2.54 bits per heavy atom. The Balaban J connectivity index is 1.55. The van der Waals surface area contributed by atoms with Crippen molar-refractivity contribution >= 4 is 5.91 Å². The molecule has 1 aliphatic heterocycles. The van der Waals surface area contributed by atoms with Gasteiger partial charge in [0.1, 0.15) is 11.5 Å². The second kappa shape index (κ2) is 8.90. The zero-order valence-corrected chi connectivity index (χ0v) is 15.7. The van der Waals surface area contributed by atoms with Crippen LogP contribution in [0.25, 0.3) is 0 Å². The van der Waals surface area contributed by atoms with E-state index in [4.69, 9.17) is 9.15 Å². The van der Waals surface area contributed by atoms with Crippen molar-refractivity contribution in [1.82, 2.24) is 10.2 Å². The number of para-hydroxylation sites is 1. The van der Waals surface area contributed by atoms with E-state index in [0.717, 1.165) is 35.7 Å². The molecule has 26 heavy (non-hydrogen) atoms. The predicted octanol–water partition coefficient (Wildman–Crippen LogP) is 3.62. The van der Waals surface area contributed by atoms with Gasteiger partial charge in [-0.1, -0.05) is 24.6 Å². The fraction of sp³-hybridized carbons (Fsp3) is 0.476. The van der Waals surface area contributed by atoms with Crippen LogP contribution in [0.4, 0.5) is 0 Å². The number of nitrogens with one attached hydrogen (secondary N) is 1. The van der Waals surface area contributed by atoms with E-state index in [0.29, 0.717) is 6.54 Å². The Morgan fingerprint density at radius 1 is 1.15 bits per heavy atom. The summed E-state index contributed by atoms with van der Waals surface area (Å²) < 4.78 is 11.4. The summed E-state index contributed by atoms with van der Waals surface area (Å²) in [6.45, 7) is 6.62. The van der Waals surface area contributed by atoms with Crippen LogP contribution in [0.15, 0.2) is 41.0 Å². The minimum Gasteiger partial charge on any atom is -0.483 e. The van der Waals surface area contributed by atoms with Crippen LogP contribution in [0.5, 0.6) is 5.75 Å². The lowest BCUT2D eigenvalue weighted by Gasteiger charge is -2.33. The molecule has 2 heterocycles. The first kappa shape index (κ1) is 18.5. The van der Waals surface area contributed by atoms with Gasteiger partial charge in [-0.2, -0.15) is 0 Å². The number of piperidine rings is 1. The Kier molecular flexibility index (Phi) is 6.34. The molecule has 1 amide bonds. The summed E-state index contributed by atoms with van der Waals surface area (Å²) in [5, 5.41) is 3.01. The molecule has 1 fully saturated rings. The number of hydrogen-bond donors (Lipinski definition) is 1. The van der Waals surface area contributed by atoms with Crippen LogP contribution in [-0.2, 0) is 4.79 Å². The molecular formula is C21H28N2O3. The first-order chi connectivity index (χ1) is 12.6. The summed E-state index contributed by atoms with van der Waals surface area (Å²) in [6, 6.07) is 9.93. The van der Waals surface area contributed by atoms with Gasteiger partial charge in [0.05, 0.1) is 12.3 Å². The molecular weight excluding hydrogens is 328 g/mol. The maximum Gasteiger partial charge on any atom is 0.258 e. The molecule has 3 rings (SSSR count). The van der Waals surface area contributed by atoms with Gasteiger partial charge in [-0.05, 0) is 63.0 Å². The number of likely N-dealkylation sites (tertiary alicyclic amines) is 1. The summed E-state index contributed by atoms with van der Waals surface area (Å²) in [7, 11) is 0. The van der Waals surface area contributed by atoms with Crippen molar-refractivity contribution in [2.75, 3.05) is 26.2 Å². The van der Waals surface area contributed by atoms with E-state index in [9.17, 15) is 4.79 Å². The monoisotopic (exact) mass is 356 g/mol. The van der Waals surface area contributed by atoms with Gasteiger partial charge in [0.15, 0.2) is 6.61 Å². The molecule has 1 N–H and O–H groups in total. The van der Waals surface area contributed by atoms with E-state index in [1.807, 2.05) is 44.2 Å². The number of nitrogens with zero attached hydrogens (tertiary/aromatic N) is 1. The zero-order valence-electron chi connectivity index (χ0n) is 15.7. The molecule has 1 atom stereocenters. The average molecular weight is 356 g/mol. The Labute approximate surface area is 155 Å². The number of aryl methyl sites for hydroxylation is 2. The van der Waals surface area contributed by atoms with Crippen molar-refractivity contribution in [2.45, 2.75) is 39.2 Å². The van der Waals surface area contributed by atoms with Crippen LogP contribution >= 0.6 is 0 Å². The summed E-state index contributed by atoms with van der Waals surface area (Å²) in [6.07, 6.45) is 5.36. The summed E-state index contributed by atoms with van der Waals surface area (Å²) in [5.41, 5.74) is 2.08. The third kappa shape index (κ3) is 4.67. The fourth-order valence-corrected chi connectivity index (χ4v) is 3.55. The van der Waals surface area contributed by atoms with E-state index in [-0.39, 0.29) is 18.6 Å². The van der Waals surface area contributed by atoms with Gasteiger partial charge in [0.25, 0.3) is 5.91 Å². The molecule has 0 saturated carbocycles. The van der Waals surface area contributed by atoms with Gasteiger partial charge in [-0.3, -0.25) is 9.69 Å². The highest BCUT2D eigenvalue weighted by molar-refractivity contribution is 5.77. The Hall–Kier alpha value is -2.27. The molecule has 1 aromatic heterocycles. The minimum atomic E-state index is -0.110. The number of furan rings is 1. The molecule has 0 bridgehead atoms. The van der Waals surface area contributed by atoms with E-state index in [1.165, 1.54) is 19.3 Å². The highest BCUT2D eigenvalue weighted by Crippen LogP contribution is 2.25. The lowest BCUT2D eigenvalue weighted by molar-refractivity contribution is -0.123. The first-order valence-corrected chi connectivity index (χ1v) is 9.38.